The van der Waals surface area contributed by atoms with Gasteiger partial charge in [0.2, 0.25) is 0 Å². The number of carbonyl (C=O) groups is 1. The summed E-state index contributed by atoms with van der Waals surface area (Å²) in [6, 6.07) is 9.28. The van der Waals surface area contributed by atoms with Crippen molar-refractivity contribution in [2.24, 2.45) is 0 Å². The molecular formula is C15H11F2NO2. The first kappa shape index (κ1) is 12.6. The topological polar surface area (TPSA) is 40.5 Å². The van der Waals surface area contributed by atoms with Gasteiger partial charge in [0.05, 0.1) is 5.56 Å². The molecule has 0 fully saturated rings. The van der Waals surface area contributed by atoms with Crippen LogP contribution in [0.2, 0.25) is 0 Å². The quantitative estimate of drug-likeness (QED) is 0.915. The predicted octanol–water partition coefficient (Wildman–Crippen LogP) is 3.18. The molecule has 5 heteroatoms. The lowest BCUT2D eigenvalue weighted by molar-refractivity contribution is 0.0695. The average molecular weight is 275 g/mol. The molecule has 1 aliphatic heterocycles. The zero-order chi connectivity index (χ0) is 14.3. The third-order valence-corrected chi connectivity index (χ3v) is 3.42. The molecule has 0 unspecified atom stereocenters. The number of aromatic carboxylic acids is 1. The largest absolute Gasteiger partial charge is 0.478 e. The van der Waals surface area contributed by atoms with Crippen LogP contribution in [0.15, 0.2) is 36.4 Å². The highest BCUT2D eigenvalue weighted by atomic mass is 19.1. The van der Waals surface area contributed by atoms with Crippen molar-refractivity contribution in [3.8, 4) is 0 Å². The van der Waals surface area contributed by atoms with Crippen molar-refractivity contribution >= 4 is 11.7 Å². The van der Waals surface area contributed by atoms with E-state index in [-0.39, 0.29) is 11.3 Å². The van der Waals surface area contributed by atoms with Gasteiger partial charge in [0, 0.05) is 13.1 Å². The summed E-state index contributed by atoms with van der Waals surface area (Å²) >= 11 is 0. The van der Waals surface area contributed by atoms with Gasteiger partial charge in [-0.15, -0.1) is 0 Å². The summed E-state index contributed by atoms with van der Waals surface area (Å²) < 4.78 is 28.0. The van der Waals surface area contributed by atoms with Gasteiger partial charge in [-0.05, 0) is 23.3 Å². The normalized spacial score (nSPS) is 13.4. The molecule has 0 amide bonds. The standard InChI is InChI=1S/C15H11F2NO2/c16-12-5-11(15(19)20)6-13(17)14(12)18-7-9-3-1-2-4-10(9)8-18/h1-6H,7-8H2,(H,19,20). The van der Waals surface area contributed by atoms with Crippen molar-refractivity contribution in [1.29, 1.82) is 0 Å². The average Bonchev–Trinajstić information content (AvgIpc) is 2.80. The van der Waals surface area contributed by atoms with Crippen LogP contribution >= 0.6 is 0 Å². The highest BCUT2D eigenvalue weighted by Crippen LogP contribution is 2.32. The lowest BCUT2D eigenvalue weighted by Crippen LogP contribution is -2.18. The number of benzene rings is 2. The van der Waals surface area contributed by atoms with E-state index in [0.717, 1.165) is 23.3 Å². The van der Waals surface area contributed by atoms with E-state index in [1.807, 2.05) is 24.3 Å². The molecular weight excluding hydrogens is 264 g/mol. The number of hydrogen-bond donors (Lipinski definition) is 1. The Balaban J connectivity index is 1.99. The van der Waals surface area contributed by atoms with Crippen LogP contribution in [-0.2, 0) is 13.1 Å². The fourth-order valence-corrected chi connectivity index (χ4v) is 2.48. The van der Waals surface area contributed by atoms with Gasteiger partial charge in [-0.1, -0.05) is 24.3 Å². The molecule has 0 aromatic heterocycles. The fourth-order valence-electron chi connectivity index (χ4n) is 2.48. The van der Waals surface area contributed by atoms with Gasteiger partial charge in [-0.25, -0.2) is 13.6 Å². The van der Waals surface area contributed by atoms with Crippen molar-refractivity contribution in [1.82, 2.24) is 0 Å². The maximum Gasteiger partial charge on any atom is 0.335 e. The molecule has 3 nitrogen and oxygen atoms in total. The number of anilines is 1. The smallest absolute Gasteiger partial charge is 0.335 e. The SMILES string of the molecule is O=C(O)c1cc(F)c(N2Cc3ccccc3C2)c(F)c1. The minimum absolute atomic E-state index is 0.175. The lowest BCUT2D eigenvalue weighted by Gasteiger charge is -2.19. The predicted molar refractivity (Wildman–Crippen MR) is 69.6 cm³/mol. The lowest BCUT2D eigenvalue weighted by atomic mass is 10.1. The summed E-state index contributed by atoms with van der Waals surface area (Å²) in [7, 11) is 0. The molecule has 0 saturated carbocycles. The van der Waals surface area contributed by atoms with Crippen LogP contribution in [0.4, 0.5) is 14.5 Å². The van der Waals surface area contributed by atoms with Crippen molar-refractivity contribution < 1.29 is 18.7 Å². The monoisotopic (exact) mass is 275 g/mol. The number of rotatable bonds is 2. The summed E-state index contributed by atoms with van der Waals surface area (Å²) in [5.74, 6) is -3.05. The van der Waals surface area contributed by atoms with Crippen LogP contribution < -0.4 is 4.90 Å². The van der Waals surface area contributed by atoms with Crippen LogP contribution in [0.3, 0.4) is 0 Å². The molecule has 1 heterocycles. The summed E-state index contributed by atoms with van der Waals surface area (Å²) in [4.78, 5) is 12.3. The summed E-state index contributed by atoms with van der Waals surface area (Å²) in [5.41, 5.74) is 1.48. The van der Waals surface area contributed by atoms with E-state index in [4.69, 9.17) is 5.11 Å². The fraction of sp³-hybridized carbons (Fsp3) is 0.133. The second-order valence-corrected chi connectivity index (χ2v) is 4.72. The maximum atomic E-state index is 14.0. The number of halogens is 2. The summed E-state index contributed by atoms with van der Waals surface area (Å²) in [6.07, 6.45) is 0. The van der Waals surface area contributed by atoms with E-state index in [9.17, 15) is 13.6 Å². The molecule has 0 saturated heterocycles. The molecule has 0 bridgehead atoms. The Morgan fingerprint density at radius 3 is 2.00 bits per heavy atom. The Bertz CT molecular complexity index is 652. The number of fused-ring (bicyclic) bond motifs is 1. The van der Waals surface area contributed by atoms with Crippen LogP contribution in [-0.4, -0.2) is 11.1 Å². The molecule has 1 N–H and O–H groups in total. The number of nitrogens with zero attached hydrogens (tertiary/aromatic N) is 1. The minimum Gasteiger partial charge on any atom is -0.478 e. The van der Waals surface area contributed by atoms with Crippen LogP contribution in [0.25, 0.3) is 0 Å². The van der Waals surface area contributed by atoms with Crippen molar-refractivity contribution in [2.45, 2.75) is 13.1 Å². The van der Waals surface area contributed by atoms with Crippen molar-refractivity contribution in [3.05, 3.63) is 64.7 Å². The molecule has 20 heavy (non-hydrogen) atoms. The van der Waals surface area contributed by atoms with Gasteiger partial charge in [0.15, 0.2) is 0 Å². The molecule has 1 aliphatic rings. The Kier molecular flexibility index (Phi) is 2.89. The maximum absolute atomic E-state index is 14.0. The second kappa shape index (κ2) is 4.59. The first-order chi connectivity index (χ1) is 9.56. The molecule has 2 aromatic carbocycles. The highest BCUT2D eigenvalue weighted by Gasteiger charge is 2.25. The Morgan fingerprint density at radius 1 is 1.05 bits per heavy atom. The van der Waals surface area contributed by atoms with Crippen LogP contribution in [0.5, 0.6) is 0 Å². The first-order valence-corrected chi connectivity index (χ1v) is 6.10. The van der Waals surface area contributed by atoms with Gasteiger partial charge in [-0.3, -0.25) is 0 Å². The molecule has 0 radical (unpaired) electrons. The van der Waals surface area contributed by atoms with Gasteiger partial charge in [0.25, 0.3) is 0 Å². The second-order valence-electron chi connectivity index (χ2n) is 4.72. The molecule has 0 aliphatic carbocycles. The van der Waals surface area contributed by atoms with Gasteiger partial charge < -0.3 is 10.0 Å². The molecule has 102 valence electrons. The van der Waals surface area contributed by atoms with Crippen molar-refractivity contribution in [2.75, 3.05) is 4.90 Å². The summed E-state index contributed by atoms with van der Waals surface area (Å²) in [6.45, 7) is 0.826. The number of hydrogen-bond acceptors (Lipinski definition) is 2. The molecule has 0 atom stereocenters. The zero-order valence-electron chi connectivity index (χ0n) is 10.4. The number of carboxylic acids is 1. The molecule has 0 spiro atoms. The molecule has 2 aromatic rings. The minimum atomic E-state index is -1.35. The Labute approximate surface area is 114 Å². The van der Waals surface area contributed by atoms with E-state index in [1.165, 1.54) is 0 Å². The van der Waals surface area contributed by atoms with Gasteiger partial charge in [0.1, 0.15) is 17.3 Å². The van der Waals surface area contributed by atoms with E-state index >= 15 is 0 Å². The molecule has 3 rings (SSSR count). The van der Waals surface area contributed by atoms with E-state index < -0.39 is 17.6 Å². The highest BCUT2D eigenvalue weighted by molar-refractivity contribution is 5.88. The van der Waals surface area contributed by atoms with E-state index in [1.54, 1.807) is 4.90 Å². The Hall–Kier alpha value is -2.43. The van der Waals surface area contributed by atoms with E-state index in [2.05, 4.69) is 0 Å². The first-order valence-electron chi connectivity index (χ1n) is 6.10. The zero-order valence-corrected chi connectivity index (χ0v) is 10.4. The van der Waals surface area contributed by atoms with Gasteiger partial charge >= 0.3 is 5.97 Å². The summed E-state index contributed by atoms with van der Waals surface area (Å²) in [5, 5.41) is 8.78. The third kappa shape index (κ3) is 2.01. The third-order valence-electron chi connectivity index (χ3n) is 3.42. The van der Waals surface area contributed by atoms with Crippen LogP contribution in [0.1, 0.15) is 21.5 Å². The van der Waals surface area contributed by atoms with Crippen LogP contribution in [0, 0.1) is 11.6 Å². The Morgan fingerprint density at radius 2 is 1.55 bits per heavy atom. The van der Waals surface area contributed by atoms with Crippen molar-refractivity contribution in [3.63, 3.8) is 0 Å². The number of carboxylic acid groups (broad SMARTS) is 1. The van der Waals surface area contributed by atoms with E-state index in [0.29, 0.717) is 13.1 Å². The van der Waals surface area contributed by atoms with Gasteiger partial charge in [-0.2, -0.15) is 0 Å².